The first-order chi connectivity index (χ1) is 12.5. The number of hydrazine groups is 1. The fraction of sp³-hybridized carbons (Fsp3) is 0.350. The Hall–Kier alpha value is -2.47. The van der Waals surface area contributed by atoms with E-state index < -0.39 is 11.6 Å². The Kier molecular flexibility index (Phi) is 5.83. The van der Waals surface area contributed by atoms with Crippen LogP contribution >= 0.6 is 0 Å². The lowest BCUT2D eigenvalue weighted by atomic mass is 10.1. The molecule has 0 bridgehead atoms. The number of benzene rings is 2. The van der Waals surface area contributed by atoms with Gasteiger partial charge in [-0.1, -0.05) is 6.42 Å². The van der Waals surface area contributed by atoms with Gasteiger partial charge in [0.2, 0.25) is 0 Å². The Labute approximate surface area is 152 Å². The van der Waals surface area contributed by atoms with E-state index in [0.29, 0.717) is 5.75 Å². The molecule has 1 fully saturated rings. The summed E-state index contributed by atoms with van der Waals surface area (Å²) in [5, 5.41) is 2.16. The molecule has 0 aromatic heterocycles. The number of nitrogens with one attached hydrogen (secondary N) is 1. The van der Waals surface area contributed by atoms with Crippen molar-refractivity contribution >= 4 is 12.0 Å². The highest BCUT2D eigenvalue weighted by molar-refractivity contribution is 5.64. The van der Waals surface area contributed by atoms with Gasteiger partial charge in [-0.05, 0) is 62.1 Å². The Morgan fingerprint density at radius 2 is 1.77 bits per heavy atom. The van der Waals surface area contributed by atoms with Gasteiger partial charge in [-0.2, -0.15) is 0 Å². The van der Waals surface area contributed by atoms with E-state index >= 15 is 0 Å². The zero-order valence-electron chi connectivity index (χ0n) is 15.1. The fourth-order valence-corrected chi connectivity index (χ4v) is 2.89. The van der Waals surface area contributed by atoms with Gasteiger partial charge in [0.1, 0.15) is 17.8 Å². The van der Waals surface area contributed by atoms with E-state index in [9.17, 15) is 8.78 Å². The smallest absolute Gasteiger partial charge is 0.162 e. The minimum atomic E-state index is -0.929. The molecular formula is C20H23F2N3O. The topological polar surface area (TPSA) is 36.9 Å². The van der Waals surface area contributed by atoms with E-state index in [1.54, 1.807) is 6.34 Å². The van der Waals surface area contributed by atoms with Crippen molar-refractivity contribution in [2.45, 2.75) is 33.1 Å². The van der Waals surface area contributed by atoms with E-state index in [1.807, 2.05) is 26.0 Å². The van der Waals surface area contributed by atoms with Crippen LogP contribution < -0.4 is 10.2 Å². The molecule has 0 unspecified atom stereocenters. The number of halogens is 2. The zero-order valence-corrected chi connectivity index (χ0v) is 15.1. The minimum Gasteiger partial charge on any atom is -0.457 e. The van der Waals surface area contributed by atoms with Gasteiger partial charge in [0.25, 0.3) is 0 Å². The summed E-state index contributed by atoms with van der Waals surface area (Å²) in [7, 11) is 0. The normalized spacial score (nSPS) is 15.4. The van der Waals surface area contributed by atoms with Gasteiger partial charge >= 0.3 is 0 Å². The standard InChI is InChI=1S/C20H23F2N3O/c1-14-11-20(26-16-6-7-17(21)18(22)12-16)15(2)10-19(14)23-13-24-25-8-4-3-5-9-25/h6-7,10-13H,3-5,8-9H2,1-2H3,(H,23,24). The highest BCUT2D eigenvalue weighted by Gasteiger charge is 2.10. The molecule has 4 nitrogen and oxygen atoms in total. The first-order valence-electron chi connectivity index (χ1n) is 8.81. The fourth-order valence-electron chi connectivity index (χ4n) is 2.89. The molecule has 0 saturated carbocycles. The molecule has 0 aliphatic carbocycles. The van der Waals surface area contributed by atoms with Crippen LogP contribution in [0.15, 0.2) is 35.3 Å². The summed E-state index contributed by atoms with van der Waals surface area (Å²) in [6.45, 7) is 5.90. The second-order valence-corrected chi connectivity index (χ2v) is 6.52. The van der Waals surface area contributed by atoms with Crippen molar-refractivity contribution in [3.63, 3.8) is 0 Å². The Morgan fingerprint density at radius 1 is 1.00 bits per heavy atom. The zero-order chi connectivity index (χ0) is 18.5. The molecule has 1 aliphatic rings. The summed E-state index contributed by atoms with van der Waals surface area (Å²) in [4.78, 5) is 4.49. The molecule has 0 atom stereocenters. The average Bonchev–Trinajstić information content (AvgIpc) is 2.63. The summed E-state index contributed by atoms with van der Waals surface area (Å²) < 4.78 is 32.1. The summed E-state index contributed by atoms with van der Waals surface area (Å²) in [6, 6.07) is 7.27. The largest absolute Gasteiger partial charge is 0.457 e. The Bertz CT molecular complexity index is 802. The van der Waals surface area contributed by atoms with Gasteiger partial charge < -0.3 is 10.2 Å². The third-order valence-electron chi connectivity index (χ3n) is 4.41. The van der Waals surface area contributed by atoms with Crippen molar-refractivity contribution in [2.75, 3.05) is 13.1 Å². The SMILES string of the molecule is Cc1cc(Oc2ccc(F)c(F)c2)c(C)cc1/N=C/NN1CCCCC1. The van der Waals surface area contributed by atoms with E-state index in [0.717, 1.165) is 42.0 Å². The third-order valence-corrected chi connectivity index (χ3v) is 4.41. The molecule has 1 N–H and O–H groups in total. The van der Waals surface area contributed by atoms with Crippen LogP contribution in [0.5, 0.6) is 11.5 Å². The van der Waals surface area contributed by atoms with Crippen molar-refractivity contribution in [2.24, 2.45) is 4.99 Å². The molecule has 2 aromatic rings. The number of aliphatic imine (C=N–C) groups is 1. The van der Waals surface area contributed by atoms with Crippen molar-refractivity contribution in [1.29, 1.82) is 0 Å². The maximum absolute atomic E-state index is 13.3. The highest BCUT2D eigenvalue weighted by atomic mass is 19.2. The van der Waals surface area contributed by atoms with E-state index in [4.69, 9.17) is 4.74 Å². The summed E-state index contributed by atoms with van der Waals surface area (Å²) in [5.74, 6) is -0.969. The average molecular weight is 359 g/mol. The molecule has 0 radical (unpaired) electrons. The predicted octanol–water partition coefficient (Wildman–Crippen LogP) is 5.02. The molecule has 1 heterocycles. The van der Waals surface area contributed by atoms with Gasteiger partial charge in [0, 0.05) is 19.2 Å². The van der Waals surface area contributed by atoms with Gasteiger partial charge in [-0.25, -0.2) is 18.8 Å². The number of ether oxygens (including phenoxy) is 1. The van der Waals surface area contributed by atoms with Gasteiger partial charge in [-0.15, -0.1) is 0 Å². The lowest BCUT2D eigenvalue weighted by Crippen LogP contribution is -2.40. The van der Waals surface area contributed by atoms with Crippen molar-refractivity contribution in [3.8, 4) is 11.5 Å². The van der Waals surface area contributed by atoms with Crippen molar-refractivity contribution in [3.05, 3.63) is 53.1 Å². The molecular weight excluding hydrogens is 336 g/mol. The maximum atomic E-state index is 13.3. The number of piperidine rings is 1. The first-order valence-corrected chi connectivity index (χ1v) is 8.81. The quantitative estimate of drug-likeness (QED) is 0.601. The maximum Gasteiger partial charge on any atom is 0.162 e. The summed E-state index contributed by atoms with van der Waals surface area (Å²) in [5.41, 5.74) is 5.85. The highest BCUT2D eigenvalue weighted by Crippen LogP contribution is 2.31. The second kappa shape index (κ2) is 8.27. The number of nitrogens with zero attached hydrogens (tertiary/aromatic N) is 2. The third kappa shape index (κ3) is 4.58. The van der Waals surface area contributed by atoms with Crippen molar-refractivity contribution in [1.82, 2.24) is 10.4 Å². The molecule has 138 valence electrons. The van der Waals surface area contributed by atoms with Crippen LogP contribution in [-0.2, 0) is 0 Å². The van der Waals surface area contributed by atoms with Crippen LogP contribution in [0, 0.1) is 25.5 Å². The molecule has 1 saturated heterocycles. The number of hydrogen-bond acceptors (Lipinski definition) is 3. The molecule has 0 amide bonds. The Balaban J connectivity index is 1.69. The predicted molar refractivity (Wildman–Crippen MR) is 99.1 cm³/mol. The van der Waals surface area contributed by atoms with Crippen LogP contribution in [0.1, 0.15) is 30.4 Å². The minimum absolute atomic E-state index is 0.259. The monoisotopic (exact) mass is 359 g/mol. The summed E-state index contributed by atoms with van der Waals surface area (Å²) in [6.07, 6.45) is 5.40. The summed E-state index contributed by atoms with van der Waals surface area (Å²) >= 11 is 0. The van der Waals surface area contributed by atoms with Crippen molar-refractivity contribution < 1.29 is 13.5 Å². The van der Waals surface area contributed by atoms with E-state index in [2.05, 4.69) is 15.4 Å². The van der Waals surface area contributed by atoms with Crippen LogP contribution in [0.2, 0.25) is 0 Å². The molecule has 2 aromatic carbocycles. The second-order valence-electron chi connectivity index (χ2n) is 6.52. The molecule has 6 heteroatoms. The van der Waals surface area contributed by atoms with E-state index in [1.165, 1.54) is 25.3 Å². The lowest BCUT2D eigenvalue weighted by Gasteiger charge is -2.25. The molecule has 1 aliphatic heterocycles. The van der Waals surface area contributed by atoms with E-state index in [-0.39, 0.29) is 5.75 Å². The number of aryl methyl sites for hydroxylation is 2. The number of hydrogen-bond donors (Lipinski definition) is 1. The van der Waals surface area contributed by atoms with Crippen LogP contribution in [0.3, 0.4) is 0 Å². The molecule has 3 rings (SSSR count). The Morgan fingerprint density at radius 3 is 2.50 bits per heavy atom. The van der Waals surface area contributed by atoms with Gasteiger partial charge in [-0.3, -0.25) is 0 Å². The van der Waals surface area contributed by atoms with Crippen LogP contribution in [0.25, 0.3) is 0 Å². The van der Waals surface area contributed by atoms with Crippen LogP contribution in [-0.4, -0.2) is 24.4 Å². The number of rotatable bonds is 5. The lowest BCUT2D eigenvalue weighted by molar-refractivity contribution is 0.197. The molecule has 0 spiro atoms. The van der Waals surface area contributed by atoms with Gasteiger partial charge in [0.15, 0.2) is 11.6 Å². The molecule has 26 heavy (non-hydrogen) atoms. The van der Waals surface area contributed by atoms with Crippen LogP contribution in [0.4, 0.5) is 14.5 Å². The van der Waals surface area contributed by atoms with Gasteiger partial charge in [0.05, 0.1) is 5.69 Å². The first kappa shape index (κ1) is 18.3.